The normalized spacial score (nSPS) is 12.1. The highest BCUT2D eigenvalue weighted by atomic mass is 16.5. The quantitative estimate of drug-likeness (QED) is 0.527. The molecule has 3 aromatic carbocycles. The Morgan fingerprint density at radius 1 is 1.04 bits per heavy atom. The molecule has 26 heavy (non-hydrogen) atoms. The molecule has 1 amide bonds. The van der Waals surface area contributed by atoms with E-state index < -0.39 is 6.04 Å². The molecular weight excluding hydrogens is 326 g/mol. The minimum absolute atomic E-state index is 0.210. The number of benzene rings is 3. The maximum absolute atomic E-state index is 12.2. The first-order valence-corrected chi connectivity index (χ1v) is 8.38. The average molecular weight is 347 g/mol. The number of hydrogen-bond acceptors (Lipinski definition) is 4. The number of nitrogens with one attached hydrogen (secondary N) is 2. The number of hydrogen-bond donors (Lipinski definition) is 2. The summed E-state index contributed by atoms with van der Waals surface area (Å²) in [4.78, 5) is 12.2. The number of nitrogens with zero attached hydrogens (tertiary/aromatic N) is 1. The molecule has 0 spiro atoms. The Kier molecular flexibility index (Phi) is 5.49. The van der Waals surface area contributed by atoms with E-state index in [9.17, 15) is 4.79 Å². The summed E-state index contributed by atoms with van der Waals surface area (Å²) >= 11 is 0. The van der Waals surface area contributed by atoms with Crippen molar-refractivity contribution in [1.29, 1.82) is 0 Å². The van der Waals surface area contributed by atoms with Gasteiger partial charge in [0, 0.05) is 5.69 Å². The molecular formula is C21H21N3O2. The van der Waals surface area contributed by atoms with E-state index in [1.54, 1.807) is 20.2 Å². The Balaban J connectivity index is 1.56. The monoisotopic (exact) mass is 347 g/mol. The summed E-state index contributed by atoms with van der Waals surface area (Å²) in [5.41, 5.74) is 4.34. The summed E-state index contributed by atoms with van der Waals surface area (Å²) in [5.74, 6) is 0.561. The van der Waals surface area contributed by atoms with Gasteiger partial charge in [0.1, 0.15) is 11.8 Å². The van der Waals surface area contributed by atoms with Crippen LogP contribution in [-0.2, 0) is 4.79 Å². The fraction of sp³-hybridized carbons (Fsp3) is 0.143. The summed E-state index contributed by atoms with van der Waals surface area (Å²) in [6.07, 6.45) is 1.64. The highest BCUT2D eigenvalue weighted by Gasteiger charge is 2.11. The third-order valence-electron chi connectivity index (χ3n) is 4.03. The first kappa shape index (κ1) is 17.5. The topological polar surface area (TPSA) is 62.7 Å². The van der Waals surface area contributed by atoms with Gasteiger partial charge in [-0.15, -0.1) is 0 Å². The van der Waals surface area contributed by atoms with Gasteiger partial charge in [0.25, 0.3) is 5.91 Å². The molecule has 3 aromatic rings. The highest BCUT2D eigenvalue weighted by molar-refractivity contribution is 5.91. The summed E-state index contributed by atoms with van der Waals surface area (Å²) in [6.45, 7) is 1.78. The fourth-order valence-corrected chi connectivity index (χ4v) is 2.56. The Bertz CT molecular complexity index is 920. The number of amides is 1. The van der Waals surface area contributed by atoms with Crippen molar-refractivity contribution in [2.75, 3.05) is 12.4 Å². The maximum atomic E-state index is 12.2. The van der Waals surface area contributed by atoms with E-state index in [2.05, 4.69) is 21.9 Å². The van der Waals surface area contributed by atoms with Crippen LogP contribution in [0.2, 0.25) is 0 Å². The number of fused-ring (bicyclic) bond motifs is 1. The number of anilines is 1. The molecule has 0 heterocycles. The van der Waals surface area contributed by atoms with Crippen LogP contribution < -0.4 is 15.5 Å². The Morgan fingerprint density at radius 2 is 1.77 bits per heavy atom. The Morgan fingerprint density at radius 3 is 2.50 bits per heavy atom. The van der Waals surface area contributed by atoms with Gasteiger partial charge < -0.3 is 10.1 Å². The van der Waals surface area contributed by atoms with Gasteiger partial charge in [-0.2, -0.15) is 5.10 Å². The van der Waals surface area contributed by atoms with Crippen LogP contribution in [0.25, 0.3) is 10.8 Å². The van der Waals surface area contributed by atoms with E-state index in [0.29, 0.717) is 0 Å². The van der Waals surface area contributed by atoms with Crippen molar-refractivity contribution in [3.05, 3.63) is 72.3 Å². The molecule has 0 aromatic heterocycles. The summed E-state index contributed by atoms with van der Waals surface area (Å²) < 4.78 is 5.12. The zero-order chi connectivity index (χ0) is 18.4. The second-order valence-electron chi connectivity index (χ2n) is 5.94. The summed E-state index contributed by atoms with van der Waals surface area (Å²) in [6, 6.07) is 21.1. The van der Waals surface area contributed by atoms with E-state index in [-0.39, 0.29) is 5.91 Å². The average Bonchev–Trinajstić information content (AvgIpc) is 2.68. The van der Waals surface area contributed by atoms with Gasteiger partial charge in [-0.1, -0.05) is 36.4 Å². The molecule has 0 unspecified atom stereocenters. The lowest BCUT2D eigenvalue weighted by atomic mass is 10.1. The molecule has 0 aliphatic rings. The number of carbonyl (C=O) groups excluding carboxylic acids is 1. The number of rotatable bonds is 6. The zero-order valence-electron chi connectivity index (χ0n) is 14.8. The van der Waals surface area contributed by atoms with Gasteiger partial charge in [-0.25, -0.2) is 5.43 Å². The van der Waals surface area contributed by atoms with Crippen LogP contribution in [0.3, 0.4) is 0 Å². The van der Waals surface area contributed by atoms with Gasteiger partial charge >= 0.3 is 0 Å². The zero-order valence-corrected chi connectivity index (χ0v) is 14.8. The fourth-order valence-electron chi connectivity index (χ4n) is 2.56. The van der Waals surface area contributed by atoms with Crippen LogP contribution in [0.15, 0.2) is 71.8 Å². The maximum Gasteiger partial charge on any atom is 0.262 e. The predicted molar refractivity (Wildman–Crippen MR) is 106 cm³/mol. The van der Waals surface area contributed by atoms with Crippen molar-refractivity contribution < 1.29 is 9.53 Å². The lowest BCUT2D eigenvalue weighted by Gasteiger charge is -2.13. The molecule has 0 radical (unpaired) electrons. The molecule has 0 fully saturated rings. The molecule has 5 heteroatoms. The first-order valence-electron chi connectivity index (χ1n) is 8.38. The number of ether oxygens (including phenoxy) is 1. The predicted octanol–water partition coefficient (Wildman–Crippen LogP) is 3.80. The molecule has 5 nitrogen and oxygen atoms in total. The number of hydrazone groups is 1. The van der Waals surface area contributed by atoms with Crippen molar-refractivity contribution in [3.63, 3.8) is 0 Å². The minimum atomic E-state index is -0.419. The molecule has 0 aliphatic carbocycles. The van der Waals surface area contributed by atoms with E-state index in [1.165, 1.54) is 5.39 Å². The van der Waals surface area contributed by atoms with Crippen molar-refractivity contribution in [2.24, 2.45) is 5.10 Å². The van der Waals surface area contributed by atoms with Crippen molar-refractivity contribution in [1.82, 2.24) is 5.43 Å². The molecule has 0 aliphatic heterocycles. The van der Waals surface area contributed by atoms with Crippen LogP contribution in [0.5, 0.6) is 5.75 Å². The standard InChI is InChI=1S/C21H21N3O2/c1-15(23-19-9-11-20(26-2)12-10-19)21(25)24-22-14-16-7-8-17-5-3-4-6-18(17)13-16/h3-15,23H,1-2H3,(H,24,25)/b22-14-/t15-/m1/s1. The van der Waals surface area contributed by atoms with Crippen molar-refractivity contribution >= 4 is 28.6 Å². The van der Waals surface area contributed by atoms with Crippen LogP contribution in [-0.4, -0.2) is 25.3 Å². The largest absolute Gasteiger partial charge is 0.497 e. The lowest BCUT2D eigenvalue weighted by molar-refractivity contribution is -0.121. The van der Waals surface area contributed by atoms with Crippen LogP contribution in [0, 0.1) is 0 Å². The van der Waals surface area contributed by atoms with Crippen molar-refractivity contribution in [3.8, 4) is 5.75 Å². The van der Waals surface area contributed by atoms with E-state index in [4.69, 9.17) is 4.74 Å². The van der Waals surface area contributed by atoms with Gasteiger partial charge in [0.05, 0.1) is 13.3 Å². The van der Waals surface area contributed by atoms with Gasteiger partial charge in [0.15, 0.2) is 0 Å². The van der Waals surface area contributed by atoms with Crippen LogP contribution >= 0.6 is 0 Å². The Hall–Kier alpha value is -3.34. The summed E-state index contributed by atoms with van der Waals surface area (Å²) in [5, 5.41) is 9.49. The second-order valence-corrected chi connectivity index (χ2v) is 5.94. The lowest BCUT2D eigenvalue weighted by Crippen LogP contribution is -2.34. The molecule has 0 bridgehead atoms. The van der Waals surface area contributed by atoms with Gasteiger partial charge in [0.2, 0.25) is 0 Å². The molecule has 0 saturated carbocycles. The smallest absolute Gasteiger partial charge is 0.262 e. The molecule has 0 saturated heterocycles. The van der Waals surface area contributed by atoms with Crippen LogP contribution in [0.1, 0.15) is 12.5 Å². The molecule has 2 N–H and O–H groups in total. The third kappa shape index (κ3) is 4.39. The number of methoxy groups -OCH3 is 1. The van der Waals surface area contributed by atoms with E-state index in [1.807, 2.05) is 60.7 Å². The second kappa shape index (κ2) is 8.16. The first-order chi connectivity index (χ1) is 12.7. The summed E-state index contributed by atoms with van der Waals surface area (Å²) in [7, 11) is 1.62. The molecule has 1 atom stereocenters. The minimum Gasteiger partial charge on any atom is -0.497 e. The van der Waals surface area contributed by atoms with E-state index >= 15 is 0 Å². The van der Waals surface area contributed by atoms with E-state index in [0.717, 1.165) is 22.4 Å². The molecule has 3 rings (SSSR count). The van der Waals surface area contributed by atoms with Gasteiger partial charge in [-0.3, -0.25) is 4.79 Å². The molecule has 132 valence electrons. The Labute approximate surface area is 152 Å². The number of carbonyl (C=O) groups is 1. The SMILES string of the molecule is COc1ccc(N[C@H](C)C(=O)N/N=C\c2ccc3ccccc3c2)cc1. The highest BCUT2D eigenvalue weighted by Crippen LogP contribution is 2.16. The van der Waals surface area contributed by atoms with Crippen LogP contribution in [0.4, 0.5) is 5.69 Å². The van der Waals surface area contributed by atoms with Crippen molar-refractivity contribution in [2.45, 2.75) is 13.0 Å². The van der Waals surface area contributed by atoms with Gasteiger partial charge in [-0.05, 0) is 53.6 Å². The third-order valence-corrected chi connectivity index (χ3v) is 4.03.